The summed E-state index contributed by atoms with van der Waals surface area (Å²) < 4.78 is 0. The molecule has 1 aromatic rings. The summed E-state index contributed by atoms with van der Waals surface area (Å²) in [5.41, 5.74) is 1.28. The maximum absolute atomic E-state index is 11.9. The average molecular weight is 366 g/mol. The molecule has 1 aromatic heterocycles. The Balaban J connectivity index is 0.00000121. The summed E-state index contributed by atoms with van der Waals surface area (Å²) in [6.45, 7) is 2.79. The topological polar surface area (TPSA) is 54.0 Å². The molecular weight excluding hydrogens is 341 g/mol. The van der Waals surface area contributed by atoms with Crippen LogP contribution in [0.4, 0.5) is 0 Å². The van der Waals surface area contributed by atoms with E-state index in [9.17, 15) is 4.79 Å². The number of rotatable bonds is 5. The van der Waals surface area contributed by atoms with Crippen LogP contribution in [0.5, 0.6) is 0 Å². The molecule has 126 valence electrons. The van der Waals surface area contributed by atoms with Gasteiger partial charge in [0.25, 0.3) is 0 Å². The van der Waals surface area contributed by atoms with E-state index < -0.39 is 0 Å². The molecule has 2 N–H and O–H groups in total. The third-order valence-corrected chi connectivity index (χ3v) is 5.43. The first-order chi connectivity index (χ1) is 9.81. The van der Waals surface area contributed by atoms with E-state index in [0.29, 0.717) is 18.9 Å². The smallest absolute Gasteiger partial charge is 0.220 e. The van der Waals surface area contributed by atoms with Crippen LogP contribution >= 0.6 is 36.2 Å². The summed E-state index contributed by atoms with van der Waals surface area (Å²) in [5, 5.41) is 7.44. The van der Waals surface area contributed by atoms with Crippen LogP contribution in [0.3, 0.4) is 0 Å². The van der Waals surface area contributed by atoms with Crippen LogP contribution in [0.2, 0.25) is 0 Å². The zero-order valence-electron chi connectivity index (χ0n) is 12.7. The number of nitrogens with one attached hydrogen (secondary N) is 2. The number of thiazole rings is 1. The van der Waals surface area contributed by atoms with Crippen molar-refractivity contribution in [2.75, 3.05) is 13.1 Å². The highest BCUT2D eigenvalue weighted by molar-refractivity contribution is 7.11. The lowest BCUT2D eigenvalue weighted by Crippen LogP contribution is -2.23. The van der Waals surface area contributed by atoms with E-state index in [-0.39, 0.29) is 30.7 Å². The van der Waals surface area contributed by atoms with Gasteiger partial charge in [0.1, 0.15) is 5.01 Å². The van der Waals surface area contributed by atoms with E-state index in [4.69, 9.17) is 0 Å². The number of hydrogen-bond donors (Lipinski definition) is 2. The lowest BCUT2D eigenvalue weighted by molar-refractivity contribution is -0.121. The number of fused-ring (bicyclic) bond motifs is 1. The van der Waals surface area contributed by atoms with Crippen molar-refractivity contribution in [2.45, 2.75) is 51.5 Å². The zero-order valence-corrected chi connectivity index (χ0v) is 15.2. The third-order valence-electron chi connectivity index (χ3n) is 4.27. The summed E-state index contributed by atoms with van der Waals surface area (Å²) >= 11 is 1.78. The number of carbonyl (C=O) groups is 1. The van der Waals surface area contributed by atoms with Crippen LogP contribution in [0, 0.1) is 5.92 Å². The van der Waals surface area contributed by atoms with E-state index in [0.717, 1.165) is 30.9 Å². The number of carbonyl (C=O) groups excluding carboxylic acids is 1. The van der Waals surface area contributed by atoms with Crippen LogP contribution in [-0.2, 0) is 24.2 Å². The molecule has 2 aliphatic rings. The van der Waals surface area contributed by atoms with Crippen molar-refractivity contribution < 1.29 is 4.79 Å². The molecule has 0 saturated carbocycles. The molecule has 1 saturated heterocycles. The van der Waals surface area contributed by atoms with Crippen LogP contribution in [-0.4, -0.2) is 24.0 Å². The molecule has 22 heavy (non-hydrogen) atoms. The number of aryl methyl sites for hydroxylation is 2. The molecule has 1 atom stereocenters. The normalized spacial score (nSPS) is 19.7. The third kappa shape index (κ3) is 5.37. The van der Waals surface area contributed by atoms with Gasteiger partial charge >= 0.3 is 0 Å². The van der Waals surface area contributed by atoms with Crippen molar-refractivity contribution in [3.63, 3.8) is 0 Å². The first kappa shape index (κ1) is 19.7. The van der Waals surface area contributed by atoms with Gasteiger partial charge in [-0.3, -0.25) is 4.79 Å². The van der Waals surface area contributed by atoms with E-state index in [1.807, 2.05) is 0 Å². The molecule has 0 aromatic carbocycles. The van der Waals surface area contributed by atoms with Gasteiger partial charge in [-0.25, -0.2) is 4.98 Å². The fourth-order valence-electron chi connectivity index (χ4n) is 3.04. The molecule has 3 rings (SSSR count). The number of halogens is 2. The Bertz CT molecular complexity index is 452. The number of amides is 1. The quantitative estimate of drug-likeness (QED) is 0.843. The zero-order chi connectivity index (χ0) is 13.8. The minimum Gasteiger partial charge on any atom is -0.350 e. The van der Waals surface area contributed by atoms with Gasteiger partial charge in [-0.05, 0) is 57.5 Å². The molecule has 1 unspecified atom stereocenters. The molecule has 0 radical (unpaired) electrons. The second kappa shape index (κ2) is 9.71. The van der Waals surface area contributed by atoms with Gasteiger partial charge in [-0.1, -0.05) is 0 Å². The summed E-state index contributed by atoms with van der Waals surface area (Å²) in [4.78, 5) is 18.0. The Kier molecular flexibility index (Phi) is 8.69. The first-order valence-corrected chi connectivity index (χ1v) is 8.58. The molecule has 1 fully saturated rings. The molecule has 4 nitrogen and oxygen atoms in total. The predicted octanol–water partition coefficient (Wildman–Crippen LogP) is 2.87. The van der Waals surface area contributed by atoms with Crippen LogP contribution < -0.4 is 10.6 Å². The van der Waals surface area contributed by atoms with Gasteiger partial charge in [-0.2, -0.15) is 0 Å². The molecule has 0 spiro atoms. The Hall–Kier alpha value is -0.360. The van der Waals surface area contributed by atoms with Gasteiger partial charge in [-0.15, -0.1) is 36.2 Å². The van der Waals surface area contributed by atoms with Gasteiger partial charge < -0.3 is 10.6 Å². The monoisotopic (exact) mass is 365 g/mol. The highest BCUT2D eigenvalue weighted by Gasteiger charge is 2.17. The number of nitrogens with zero attached hydrogens (tertiary/aromatic N) is 1. The maximum atomic E-state index is 11.9. The van der Waals surface area contributed by atoms with E-state index in [1.165, 1.54) is 36.3 Å². The standard InChI is InChI=1S/C15H23N3OS.2ClH/c19-14(6-5-11-7-8-16-9-11)17-10-15-18-12-3-1-2-4-13(12)20-15;;/h11,16H,1-10H2,(H,17,19);2*1H. The van der Waals surface area contributed by atoms with Crippen LogP contribution in [0.15, 0.2) is 0 Å². The highest BCUT2D eigenvalue weighted by Crippen LogP contribution is 2.26. The molecule has 2 heterocycles. The van der Waals surface area contributed by atoms with E-state index in [2.05, 4.69) is 15.6 Å². The molecule has 0 bridgehead atoms. The molecule has 7 heteroatoms. The van der Waals surface area contributed by atoms with Gasteiger partial charge in [0.05, 0.1) is 12.2 Å². The second-order valence-electron chi connectivity index (χ2n) is 5.86. The second-order valence-corrected chi connectivity index (χ2v) is 7.03. The Morgan fingerprint density at radius 1 is 1.32 bits per heavy atom. The van der Waals surface area contributed by atoms with Crippen molar-refractivity contribution in [3.05, 3.63) is 15.6 Å². The Labute approximate surface area is 148 Å². The minimum atomic E-state index is 0. The Morgan fingerprint density at radius 2 is 2.14 bits per heavy atom. The minimum absolute atomic E-state index is 0. The predicted molar refractivity (Wildman–Crippen MR) is 95.3 cm³/mol. The SMILES string of the molecule is Cl.Cl.O=C(CCC1CCNC1)NCc1nc2c(s1)CCCC2. The van der Waals surface area contributed by atoms with Gasteiger partial charge in [0, 0.05) is 11.3 Å². The average Bonchev–Trinajstić information content (AvgIpc) is 3.11. The van der Waals surface area contributed by atoms with Crippen molar-refractivity contribution in [1.82, 2.24) is 15.6 Å². The fourth-order valence-corrected chi connectivity index (χ4v) is 4.14. The van der Waals surface area contributed by atoms with Gasteiger partial charge in [0.15, 0.2) is 0 Å². The van der Waals surface area contributed by atoms with Crippen molar-refractivity contribution >= 4 is 42.1 Å². The largest absolute Gasteiger partial charge is 0.350 e. The van der Waals surface area contributed by atoms with Crippen molar-refractivity contribution in [1.29, 1.82) is 0 Å². The van der Waals surface area contributed by atoms with Crippen LogP contribution in [0.1, 0.15) is 47.7 Å². The summed E-state index contributed by atoms with van der Waals surface area (Å²) in [5.74, 6) is 0.859. The number of aromatic nitrogens is 1. The maximum Gasteiger partial charge on any atom is 0.220 e. The molecular formula is C15H25Cl2N3OS. The summed E-state index contributed by atoms with van der Waals surface area (Å²) in [7, 11) is 0. The molecule has 1 amide bonds. The molecule has 1 aliphatic carbocycles. The summed E-state index contributed by atoms with van der Waals surface area (Å²) in [6.07, 6.45) is 7.72. The highest BCUT2D eigenvalue weighted by atomic mass is 35.5. The summed E-state index contributed by atoms with van der Waals surface area (Å²) in [6, 6.07) is 0. The van der Waals surface area contributed by atoms with E-state index >= 15 is 0 Å². The van der Waals surface area contributed by atoms with Gasteiger partial charge in [0.2, 0.25) is 5.91 Å². The molecule has 1 aliphatic heterocycles. The van der Waals surface area contributed by atoms with Crippen molar-refractivity contribution in [2.24, 2.45) is 5.92 Å². The van der Waals surface area contributed by atoms with Crippen molar-refractivity contribution in [3.8, 4) is 0 Å². The van der Waals surface area contributed by atoms with E-state index in [1.54, 1.807) is 11.3 Å². The number of hydrogen-bond acceptors (Lipinski definition) is 4. The van der Waals surface area contributed by atoms with Crippen LogP contribution in [0.25, 0.3) is 0 Å². The lowest BCUT2D eigenvalue weighted by Gasteiger charge is -2.07. The first-order valence-electron chi connectivity index (χ1n) is 7.76. The Morgan fingerprint density at radius 3 is 2.86 bits per heavy atom. The fraction of sp³-hybridized carbons (Fsp3) is 0.733. The lowest BCUT2D eigenvalue weighted by atomic mass is 10.0.